The summed E-state index contributed by atoms with van der Waals surface area (Å²) >= 11 is 5.71. The molecule has 0 amide bonds. The monoisotopic (exact) mass is 223 g/mol. The maximum Gasteiger partial charge on any atom is 0.0955 e. The van der Waals surface area contributed by atoms with Gasteiger partial charge in [-0.3, -0.25) is 0 Å². The van der Waals surface area contributed by atoms with Crippen molar-refractivity contribution in [1.82, 2.24) is 9.55 Å². The summed E-state index contributed by atoms with van der Waals surface area (Å²) in [4.78, 5) is 6.45. The van der Waals surface area contributed by atoms with E-state index in [2.05, 4.69) is 28.1 Å². The molecule has 0 spiro atoms. The Labute approximate surface area is 94.3 Å². The maximum atomic E-state index is 5.71. The number of nitrogens with zero attached hydrogens (tertiary/aromatic N) is 3. The molecule has 0 aliphatic carbocycles. The zero-order chi connectivity index (χ0) is 10.8. The average molecular weight is 224 g/mol. The summed E-state index contributed by atoms with van der Waals surface area (Å²) in [5, 5.41) is 0. The van der Waals surface area contributed by atoms with Gasteiger partial charge >= 0.3 is 0 Å². The number of rotatable bonds is 3. The second kappa shape index (κ2) is 4.11. The van der Waals surface area contributed by atoms with Crippen LogP contribution in [0.2, 0.25) is 0 Å². The van der Waals surface area contributed by atoms with E-state index in [1.165, 1.54) is 0 Å². The molecule has 1 aromatic heterocycles. The molecule has 0 aliphatic heterocycles. The first kappa shape index (κ1) is 10.3. The number of aryl methyl sites for hydroxylation is 1. The van der Waals surface area contributed by atoms with Crippen LogP contribution in [0.25, 0.3) is 11.0 Å². The Balaban J connectivity index is 2.38. The van der Waals surface area contributed by atoms with Crippen molar-refractivity contribution in [3.63, 3.8) is 0 Å². The van der Waals surface area contributed by atoms with E-state index in [9.17, 15) is 0 Å². The fourth-order valence-corrected chi connectivity index (χ4v) is 1.87. The van der Waals surface area contributed by atoms with Crippen molar-refractivity contribution >= 4 is 28.3 Å². The highest BCUT2D eigenvalue weighted by Crippen LogP contribution is 2.19. The van der Waals surface area contributed by atoms with E-state index in [1.54, 1.807) is 0 Å². The number of imidazole rings is 1. The Morgan fingerprint density at radius 3 is 3.00 bits per heavy atom. The van der Waals surface area contributed by atoms with Gasteiger partial charge in [0.1, 0.15) is 0 Å². The summed E-state index contributed by atoms with van der Waals surface area (Å²) < 4.78 is 2.01. The van der Waals surface area contributed by atoms with Crippen LogP contribution < -0.4 is 4.90 Å². The molecule has 1 aromatic carbocycles. The minimum Gasteiger partial charge on any atom is -0.373 e. The minimum atomic E-state index is 0.636. The van der Waals surface area contributed by atoms with E-state index in [0.29, 0.717) is 5.88 Å². The standard InChI is InChI=1S/C11H14ClN3/c1-14(6-5-12)9-3-4-11-10(7-9)13-8-15(11)2/h3-4,7-8H,5-6H2,1-2H3. The van der Waals surface area contributed by atoms with Crippen LogP contribution in [0.4, 0.5) is 5.69 Å². The molecule has 0 saturated heterocycles. The SMILES string of the molecule is CN(CCCl)c1ccc2c(c1)ncn2C. The van der Waals surface area contributed by atoms with Crippen LogP contribution in [-0.2, 0) is 7.05 Å². The lowest BCUT2D eigenvalue weighted by Crippen LogP contribution is -2.19. The van der Waals surface area contributed by atoms with E-state index in [1.807, 2.05) is 25.0 Å². The smallest absolute Gasteiger partial charge is 0.0955 e. The molecule has 4 heteroatoms. The van der Waals surface area contributed by atoms with Gasteiger partial charge in [-0.1, -0.05) is 0 Å². The topological polar surface area (TPSA) is 21.1 Å². The van der Waals surface area contributed by atoms with Crippen LogP contribution in [0.15, 0.2) is 24.5 Å². The molecule has 0 unspecified atom stereocenters. The number of anilines is 1. The summed E-state index contributed by atoms with van der Waals surface area (Å²) in [7, 11) is 4.03. The maximum absolute atomic E-state index is 5.71. The third-order valence-electron chi connectivity index (χ3n) is 2.57. The van der Waals surface area contributed by atoms with Crippen molar-refractivity contribution in [1.29, 1.82) is 0 Å². The second-order valence-electron chi connectivity index (χ2n) is 3.64. The fourth-order valence-electron chi connectivity index (χ4n) is 1.62. The van der Waals surface area contributed by atoms with Gasteiger partial charge < -0.3 is 9.47 Å². The van der Waals surface area contributed by atoms with Gasteiger partial charge in [-0.05, 0) is 18.2 Å². The molecule has 3 nitrogen and oxygen atoms in total. The van der Waals surface area contributed by atoms with Crippen molar-refractivity contribution in [3.05, 3.63) is 24.5 Å². The number of benzene rings is 1. The zero-order valence-corrected chi connectivity index (χ0v) is 9.70. The van der Waals surface area contributed by atoms with E-state index in [0.717, 1.165) is 23.3 Å². The second-order valence-corrected chi connectivity index (χ2v) is 4.02. The molecule has 0 radical (unpaired) electrons. The van der Waals surface area contributed by atoms with Crippen LogP contribution in [0.5, 0.6) is 0 Å². The largest absolute Gasteiger partial charge is 0.373 e. The van der Waals surface area contributed by atoms with Gasteiger partial charge in [-0.15, -0.1) is 11.6 Å². The first-order chi connectivity index (χ1) is 7.22. The first-order valence-corrected chi connectivity index (χ1v) is 5.44. The van der Waals surface area contributed by atoms with Crippen LogP contribution in [-0.4, -0.2) is 29.0 Å². The number of hydrogen-bond donors (Lipinski definition) is 0. The minimum absolute atomic E-state index is 0.636. The number of hydrogen-bond acceptors (Lipinski definition) is 2. The first-order valence-electron chi connectivity index (χ1n) is 4.90. The van der Waals surface area contributed by atoms with Gasteiger partial charge in [-0.25, -0.2) is 4.98 Å². The predicted molar refractivity (Wildman–Crippen MR) is 64.7 cm³/mol. The van der Waals surface area contributed by atoms with E-state index in [4.69, 9.17) is 11.6 Å². The lowest BCUT2D eigenvalue weighted by molar-refractivity contribution is 0.947. The molecular weight excluding hydrogens is 210 g/mol. The lowest BCUT2D eigenvalue weighted by atomic mass is 10.2. The fraction of sp³-hybridized carbons (Fsp3) is 0.364. The summed E-state index contributed by atoms with van der Waals surface area (Å²) in [5.74, 6) is 0.636. The molecule has 0 saturated carbocycles. The van der Waals surface area contributed by atoms with Gasteiger partial charge in [-0.2, -0.15) is 0 Å². The zero-order valence-electron chi connectivity index (χ0n) is 8.94. The van der Waals surface area contributed by atoms with Crippen LogP contribution in [0, 0.1) is 0 Å². The van der Waals surface area contributed by atoms with E-state index in [-0.39, 0.29) is 0 Å². The summed E-state index contributed by atoms with van der Waals surface area (Å²) in [6.07, 6.45) is 1.83. The van der Waals surface area contributed by atoms with Crippen molar-refractivity contribution in [2.45, 2.75) is 0 Å². The van der Waals surface area contributed by atoms with Gasteiger partial charge in [0, 0.05) is 32.2 Å². The highest BCUT2D eigenvalue weighted by molar-refractivity contribution is 6.18. The van der Waals surface area contributed by atoms with Crippen LogP contribution >= 0.6 is 11.6 Å². The molecule has 2 aromatic rings. The van der Waals surface area contributed by atoms with E-state index < -0.39 is 0 Å². The van der Waals surface area contributed by atoms with Gasteiger partial charge in [0.2, 0.25) is 0 Å². The third-order valence-corrected chi connectivity index (χ3v) is 2.74. The predicted octanol–water partition coefficient (Wildman–Crippen LogP) is 2.25. The average Bonchev–Trinajstić information content (AvgIpc) is 2.60. The number of halogens is 1. The highest BCUT2D eigenvalue weighted by atomic mass is 35.5. The summed E-state index contributed by atoms with van der Waals surface area (Å²) in [6, 6.07) is 6.26. The van der Waals surface area contributed by atoms with Crippen molar-refractivity contribution in [3.8, 4) is 0 Å². The molecule has 1 heterocycles. The number of aromatic nitrogens is 2. The molecule has 80 valence electrons. The Morgan fingerprint density at radius 2 is 2.27 bits per heavy atom. The highest BCUT2D eigenvalue weighted by Gasteiger charge is 2.04. The molecule has 2 rings (SSSR count). The molecule has 0 aliphatic rings. The molecule has 0 bridgehead atoms. The van der Waals surface area contributed by atoms with Gasteiger partial charge in [0.05, 0.1) is 17.4 Å². The van der Waals surface area contributed by atoms with Crippen LogP contribution in [0.1, 0.15) is 0 Å². The van der Waals surface area contributed by atoms with Gasteiger partial charge in [0.15, 0.2) is 0 Å². The quantitative estimate of drug-likeness (QED) is 0.745. The molecule has 0 fully saturated rings. The van der Waals surface area contributed by atoms with Crippen molar-refractivity contribution in [2.75, 3.05) is 24.4 Å². The van der Waals surface area contributed by atoms with Crippen molar-refractivity contribution in [2.24, 2.45) is 7.05 Å². The molecule has 0 atom stereocenters. The van der Waals surface area contributed by atoms with Gasteiger partial charge in [0.25, 0.3) is 0 Å². The molecule has 15 heavy (non-hydrogen) atoms. The van der Waals surface area contributed by atoms with Crippen molar-refractivity contribution < 1.29 is 0 Å². The van der Waals surface area contributed by atoms with E-state index >= 15 is 0 Å². The molecule has 0 N–H and O–H groups in total. The summed E-state index contributed by atoms with van der Waals surface area (Å²) in [5.41, 5.74) is 3.33. The third kappa shape index (κ3) is 1.92. The van der Waals surface area contributed by atoms with Crippen LogP contribution in [0.3, 0.4) is 0 Å². The normalized spacial score (nSPS) is 10.9. The lowest BCUT2D eigenvalue weighted by Gasteiger charge is -2.17. The Morgan fingerprint density at radius 1 is 1.47 bits per heavy atom. The Kier molecular flexibility index (Phi) is 2.82. The Bertz CT molecular complexity index is 464. The Hall–Kier alpha value is -1.22. The summed E-state index contributed by atoms with van der Waals surface area (Å²) in [6.45, 7) is 0.847. The number of fused-ring (bicyclic) bond motifs is 1. The molecular formula is C11H14ClN3. The number of alkyl halides is 1.